The van der Waals surface area contributed by atoms with Crippen molar-refractivity contribution < 1.29 is 4.79 Å². The van der Waals surface area contributed by atoms with E-state index in [1.807, 2.05) is 5.38 Å². The molecule has 2 heterocycles. The Hall–Kier alpha value is -2.02. The topological polar surface area (TPSA) is 79.8 Å². The normalized spacial score (nSPS) is 10.2. The first-order chi connectivity index (χ1) is 9.79. The van der Waals surface area contributed by atoms with Crippen molar-refractivity contribution in [2.24, 2.45) is 0 Å². The van der Waals surface area contributed by atoms with E-state index in [9.17, 15) is 4.79 Å². The molecule has 0 aliphatic heterocycles. The van der Waals surface area contributed by atoms with Crippen molar-refractivity contribution in [3.8, 4) is 0 Å². The lowest BCUT2D eigenvalue weighted by atomic mass is 10.4. The highest BCUT2D eigenvalue weighted by molar-refractivity contribution is 7.09. The molecule has 0 radical (unpaired) electrons. The largest absolute Gasteiger partial charge is 0.369 e. The van der Waals surface area contributed by atoms with Gasteiger partial charge in [-0.3, -0.25) is 9.78 Å². The number of nitrogens with one attached hydrogen (secondary N) is 2. The molecule has 0 bridgehead atoms. The van der Waals surface area contributed by atoms with E-state index in [1.54, 1.807) is 23.7 Å². The Bertz CT molecular complexity index is 543. The molecule has 1 amide bonds. The monoisotopic (exact) mass is 291 g/mol. The molecule has 106 valence electrons. The summed E-state index contributed by atoms with van der Waals surface area (Å²) >= 11 is 1.58. The highest BCUT2D eigenvalue weighted by Gasteiger charge is 2.08. The van der Waals surface area contributed by atoms with Crippen molar-refractivity contribution in [2.75, 3.05) is 18.4 Å². The summed E-state index contributed by atoms with van der Waals surface area (Å²) in [4.78, 5) is 24.4. The average Bonchev–Trinajstić information content (AvgIpc) is 2.98. The zero-order valence-electron chi connectivity index (χ0n) is 11.3. The second kappa shape index (κ2) is 7.54. The van der Waals surface area contributed by atoms with Crippen LogP contribution in [0.3, 0.4) is 0 Å². The van der Waals surface area contributed by atoms with E-state index < -0.39 is 0 Å². The van der Waals surface area contributed by atoms with Crippen LogP contribution in [-0.2, 0) is 6.42 Å². The molecule has 20 heavy (non-hydrogen) atoms. The Balaban J connectivity index is 1.85. The lowest BCUT2D eigenvalue weighted by molar-refractivity contribution is 0.0949. The first kappa shape index (κ1) is 14.4. The minimum Gasteiger partial charge on any atom is -0.369 e. The third-order valence-corrected chi connectivity index (χ3v) is 3.37. The molecule has 7 heteroatoms. The summed E-state index contributed by atoms with van der Waals surface area (Å²) in [6.45, 7) is 3.42. The van der Waals surface area contributed by atoms with Gasteiger partial charge < -0.3 is 10.6 Å². The fraction of sp³-hybridized carbons (Fsp3) is 0.385. The van der Waals surface area contributed by atoms with Crippen LogP contribution >= 0.6 is 11.3 Å². The van der Waals surface area contributed by atoms with E-state index in [0.29, 0.717) is 18.1 Å². The standard InChI is InChI=1S/C13H17N5OS/c1-2-4-15-11-9-14-8-10(18-11)13(19)17-5-3-12-16-6-7-20-12/h6-9H,2-5H2,1H3,(H,15,18)(H,17,19). The molecule has 2 rings (SSSR count). The second-order valence-electron chi connectivity index (χ2n) is 4.15. The van der Waals surface area contributed by atoms with Gasteiger partial charge in [0, 0.05) is 31.1 Å². The van der Waals surface area contributed by atoms with Gasteiger partial charge in [-0.05, 0) is 6.42 Å². The molecule has 0 fully saturated rings. The van der Waals surface area contributed by atoms with Crippen LogP contribution in [0.25, 0.3) is 0 Å². The summed E-state index contributed by atoms with van der Waals surface area (Å²) in [5.41, 5.74) is 0.324. The Morgan fingerprint density at radius 2 is 2.25 bits per heavy atom. The van der Waals surface area contributed by atoms with E-state index >= 15 is 0 Å². The minimum atomic E-state index is -0.214. The molecule has 0 saturated carbocycles. The molecule has 0 aromatic carbocycles. The summed E-state index contributed by atoms with van der Waals surface area (Å²) in [5.74, 6) is 0.411. The number of hydrogen-bond donors (Lipinski definition) is 2. The molecular formula is C13H17N5OS. The number of rotatable bonds is 7. The molecule has 0 saturated heterocycles. The van der Waals surface area contributed by atoms with Crippen molar-refractivity contribution in [1.82, 2.24) is 20.3 Å². The lowest BCUT2D eigenvalue weighted by Crippen LogP contribution is -2.27. The van der Waals surface area contributed by atoms with Gasteiger partial charge >= 0.3 is 0 Å². The number of carbonyl (C=O) groups is 1. The van der Waals surface area contributed by atoms with Crippen LogP contribution in [-0.4, -0.2) is 33.9 Å². The van der Waals surface area contributed by atoms with Gasteiger partial charge in [-0.25, -0.2) is 9.97 Å². The number of aromatic nitrogens is 3. The van der Waals surface area contributed by atoms with Gasteiger partial charge in [0.15, 0.2) is 0 Å². The van der Waals surface area contributed by atoms with Crippen LogP contribution < -0.4 is 10.6 Å². The van der Waals surface area contributed by atoms with Crippen LogP contribution in [0.1, 0.15) is 28.8 Å². The van der Waals surface area contributed by atoms with Crippen molar-refractivity contribution >= 4 is 23.1 Å². The van der Waals surface area contributed by atoms with Gasteiger partial charge in [0.05, 0.1) is 17.4 Å². The number of thiazole rings is 1. The molecule has 2 N–H and O–H groups in total. The summed E-state index contributed by atoms with van der Waals surface area (Å²) in [6.07, 6.45) is 6.56. The summed E-state index contributed by atoms with van der Waals surface area (Å²) in [7, 11) is 0. The van der Waals surface area contributed by atoms with Gasteiger partial charge in [0.1, 0.15) is 11.5 Å². The maximum absolute atomic E-state index is 11.9. The van der Waals surface area contributed by atoms with Gasteiger partial charge in [-0.2, -0.15) is 0 Å². The number of carbonyl (C=O) groups excluding carboxylic acids is 1. The van der Waals surface area contributed by atoms with Crippen LogP contribution in [0.5, 0.6) is 0 Å². The van der Waals surface area contributed by atoms with E-state index in [2.05, 4.69) is 32.5 Å². The molecule has 2 aromatic rings. The highest BCUT2D eigenvalue weighted by atomic mass is 32.1. The minimum absolute atomic E-state index is 0.214. The van der Waals surface area contributed by atoms with E-state index in [1.165, 1.54) is 6.20 Å². The number of anilines is 1. The lowest BCUT2D eigenvalue weighted by Gasteiger charge is -2.06. The predicted molar refractivity (Wildman–Crippen MR) is 79.0 cm³/mol. The first-order valence-electron chi connectivity index (χ1n) is 6.52. The molecule has 0 atom stereocenters. The Kier molecular flexibility index (Phi) is 5.43. The van der Waals surface area contributed by atoms with Crippen molar-refractivity contribution in [1.29, 1.82) is 0 Å². The maximum Gasteiger partial charge on any atom is 0.271 e. The Morgan fingerprint density at radius 3 is 3.00 bits per heavy atom. The highest BCUT2D eigenvalue weighted by Crippen LogP contribution is 2.04. The number of amides is 1. The van der Waals surface area contributed by atoms with Gasteiger partial charge in [0.25, 0.3) is 5.91 Å². The predicted octanol–water partition coefficient (Wildman–Crippen LogP) is 1.73. The zero-order valence-corrected chi connectivity index (χ0v) is 12.1. The second-order valence-corrected chi connectivity index (χ2v) is 5.13. The summed E-state index contributed by atoms with van der Waals surface area (Å²) < 4.78 is 0. The molecular weight excluding hydrogens is 274 g/mol. The van der Waals surface area contributed by atoms with Crippen molar-refractivity contribution in [2.45, 2.75) is 19.8 Å². The van der Waals surface area contributed by atoms with Gasteiger partial charge in [-0.1, -0.05) is 6.92 Å². The quantitative estimate of drug-likeness (QED) is 0.812. The Labute approximate surface area is 121 Å². The fourth-order valence-corrected chi connectivity index (χ4v) is 2.18. The first-order valence-corrected chi connectivity index (χ1v) is 7.40. The molecule has 0 aliphatic rings. The molecule has 0 unspecified atom stereocenters. The van der Waals surface area contributed by atoms with Gasteiger partial charge in [-0.15, -0.1) is 11.3 Å². The molecule has 0 spiro atoms. The fourth-order valence-electron chi connectivity index (χ4n) is 1.56. The van der Waals surface area contributed by atoms with Crippen molar-refractivity contribution in [3.05, 3.63) is 34.7 Å². The third kappa shape index (κ3) is 4.27. The smallest absolute Gasteiger partial charge is 0.271 e. The third-order valence-electron chi connectivity index (χ3n) is 2.53. The Morgan fingerprint density at radius 1 is 1.35 bits per heavy atom. The van der Waals surface area contributed by atoms with Crippen LogP contribution in [0, 0.1) is 0 Å². The molecule has 2 aromatic heterocycles. The van der Waals surface area contributed by atoms with Crippen LogP contribution in [0.2, 0.25) is 0 Å². The number of nitrogens with zero attached hydrogens (tertiary/aromatic N) is 3. The van der Waals surface area contributed by atoms with Crippen molar-refractivity contribution in [3.63, 3.8) is 0 Å². The molecule has 6 nitrogen and oxygen atoms in total. The van der Waals surface area contributed by atoms with Crippen LogP contribution in [0.15, 0.2) is 24.0 Å². The van der Waals surface area contributed by atoms with Crippen LogP contribution in [0.4, 0.5) is 5.82 Å². The average molecular weight is 291 g/mol. The zero-order chi connectivity index (χ0) is 14.2. The molecule has 0 aliphatic carbocycles. The number of hydrogen-bond acceptors (Lipinski definition) is 6. The van der Waals surface area contributed by atoms with E-state index in [4.69, 9.17) is 0 Å². The van der Waals surface area contributed by atoms with Gasteiger partial charge in [0.2, 0.25) is 0 Å². The van der Waals surface area contributed by atoms with E-state index in [0.717, 1.165) is 24.4 Å². The summed E-state index contributed by atoms with van der Waals surface area (Å²) in [6, 6.07) is 0. The SMILES string of the molecule is CCCNc1cncc(C(=O)NCCc2nccs2)n1. The summed E-state index contributed by atoms with van der Waals surface area (Å²) in [5, 5.41) is 8.86. The maximum atomic E-state index is 11.9. The van der Waals surface area contributed by atoms with E-state index in [-0.39, 0.29) is 5.91 Å².